The summed E-state index contributed by atoms with van der Waals surface area (Å²) in [5.41, 5.74) is 0. The minimum Gasteiger partial charge on any atom is -0.353 e. The lowest BCUT2D eigenvalue weighted by Gasteiger charge is -2.33. The summed E-state index contributed by atoms with van der Waals surface area (Å²) in [6, 6.07) is 0.284. The summed E-state index contributed by atoms with van der Waals surface area (Å²) in [6.45, 7) is 14.2. The smallest absolute Gasteiger partial charge is 0.223 e. The molecule has 1 saturated heterocycles. The molecule has 1 rings (SSSR count). The maximum Gasteiger partial charge on any atom is 0.223 e. The van der Waals surface area contributed by atoms with Crippen LogP contribution in [-0.4, -0.2) is 36.5 Å². The van der Waals surface area contributed by atoms with Crippen molar-refractivity contribution >= 4 is 5.91 Å². The van der Waals surface area contributed by atoms with Gasteiger partial charge in [-0.05, 0) is 44.7 Å². The highest BCUT2D eigenvalue weighted by atomic mass is 16.1. The summed E-state index contributed by atoms with van der Waals surface area (Å²) in [5.74, 6) is 1.72. The van der Waals surface area contributed by atoms with Crippen LogP contribution in [0.25, 0.3) is 0 Å². The Morgan fingerprint density at radius 2 is 1.72 bits per heavy atom. The van der Waals surface area contributed by atoms with Gasteiger partial charge in [-0.1, -0.05) is 27.7 Å². The molecule has 3 nitrogen and oxygen atoms in total. The fourth-order valence-electron chi connectivity index (χ4n) is 2.40. The van der Waals surface area contributed by atoms with E-state index in [-0.39, 0.29) is 17.9 Å². The van der Waals surface area contributed by atoms with Crippen molar-refractivity contribution in [3.63, 3.8) is 0 Å². The van der Waals surface area contributed by atoms with E-state index in [1.54, 1.807) is 0 Å². The van der Waals surface area contributed by atoms with Gasteiger partial charge in [0.25, 0.3) is 0 Å². The second-order valence-corrected chi connectivity index (χ2v) is 6.51. The summed E-state index contributed by atoms with van der Waals surface area (Å²) in [4.78, 5) is 14.6. The van der Waals surface area contributed by atoms with Gasteiger partial charge in [-0.2, -0.15) is 0 Å². The first-order valence-electron chi connectivity index (χ1n) is 7.42. The fraction of sp³-hybridized carbons (Fsp3) is 0.933. The summed E-state index contributed by atoms with van der Waals surface area (Å²) >= 11 is 0. The number of likely N-dealkylation sites (tertiary alicyclic amines) is 1. The highest BCUT2D eigenvalue weighted by molar-refractivity contribution is 5.79. The molecule has 0 radical (unpaired) electrons. The number of rotatable bonds is 5. The third kappa shape index (κ3) is 4.97. The molecule has 1 N–H and O–H groups in total. The maximum absolute atomic E-state index is 12.1. The molecule has 106 valence electrons. The Kier molecular flexibility index (Phi) is 6.13. The molecular formula is C15H30N2O. The fourth-order valence-corrected chi connectivity index (χ4v) is 2.40. The Balaban J connectivity index is 2.31. The highest BCUT2D eigenvalue weighted by Gasteiger charge is 2.26. The molecule has 1 unspecified atom stereocenters. The monoisotopic (exact) mass is 254 g/mol. The topological polar surface area (TPSA) is 32.3 Å². The Hall–Kier alpha value is -0.570. The minimum atomic E-state index is 0.231. The SMILES string of the molecule is CC(C)CN1CCC(C(=O)NC(C)C(C)C)CC1. The maximum atomic E-state index is 12.1. The van der Waals surface area contributed by atoms with Crippen molar-refractivity contribution < 1.29 is 4.79 Å². The van der Waals surface area contributed by atoms with Gasteiger partial charge in [0.15, 0.2) is 0 Å². The molecule has 0 aromatic carbocycles. The number of nitrogens with zero attached hydrogens (tertiary/aromatic N) is 1. The highest BCUT2D eigenvalue weighted by Crippen LogP contribution is 2.18. The molecule has 18 heavy (non-hydrogen) atoms. The lowest BCUT2D eigenvalue weighted by atomic mass is 9.94. The lowest BCUT2D eigenvalue weighted by molar-refractivity contribution is -0.127. The van der Waals surface area contributed by atoms with E-state index in [1.165, 1.54) is 0 Å². The van der Waals surface area contributed by atoms with Crippen molar-refractivity contribution in [2.75, 3.05) is 19.6 Å². The van der Waals surface area contributed by atoms with Crippen molar-refractivity contribution in [2.24, 2.45) is 17.8 Å². The average Bonchev–Trinajstić information content (AvgIpc) is 2.28. The quantitative estimate of drug-likeness (QED) is 0.817. The first kappa shape index (κ1) is 15.5. The molecule has 1 aliphatic heterocycles. The number of amides is 1. The van der Waals surface area contributed by atoms with Gasteiger partial charge in [-0.3, -0.25) is 4.79 Å². The second kappa shape index (κ2) is 7.13. The first-order chi connectivity index (χ1) is 8.40. The van der Waals surface area contributed by atoms with E-state index in [0.717, 1.165) is 38.4 Å². The van der Waals surface area contributed by atoms with Gasteiger partial charge in [0, 0.05) is 18.5 Å². The van der Waals surface area contributed by atoms with E-state index >= 15 is 0 Å². The summed E-state index contributed by atoms with van der Waals surface area (Å²) < 4.78 is 0. The van der Waals surface area contributed by atoms with Gasteiger partial charge in [0.05, 0.1) is 0 Å². The minimum absolute atomic E-state index is 0.231. The Morgan fingerprint density at radius 1 is 1.17 bits per heavy atom. The molecule has 0 aromatic heterocycles. The standard InChI is InChI=1S/C15H30N2O/c1-11(2)10-17-8-6-14(7-9-17)15(18)16-13(5)12(3)4/h11-14H,6-10H2,1-5H3,(H,16,18). The number of hydrogen-bond donors (Lipinski definition) is 1. The summed E-state index contributed by atoms with van der Waals surface area (Å²) in [5, 5.41) is 3.15. The van der Waals surface area contributed by atoms with Gasteiger partial charge in [-0.15, -0.1) is 0 Å². The zero-order valence-corrected chi connectivity index (χ0v) is 12.7. The lowest BCUT2D eigenvalue weighted by Crippen LogP contribution is -2.45. The van der Waals surface area contributed by atoms with Crippen LogP contribution in [0.5, 0.6) is 0 Å². The van der Waals surface area contributed by atoms with Crippen molar-refractivity contribution in [1.29, 1.82) is 0 Å². The van der Waals surface area contributed by atoms with E-state index in [0.29, 0.717) is 5.92 Å². The molecule has 1 heterocycles. The molecule has 0 saturated carbocycles. The van der Waals surface area contributed by atoms with Crippen LogP contribution >= 0.6 is 0 Å². The molecule has 1 aliphatic rings. The Bertz CT molecular complexity index is 255. The van der Waals surface area contributed by atoms with Crippen LogP contribution < -0.4 is 5.32 Å². The van der Waals surface area contributed by atoms with Crippen molar-refractivity contribution in [2.45, 2.75) is 53.5 Å². The second-order valence-electron chi connectivity index (χ2n) is 6.51. The first-order valence-corrected chi connectivity index (χ1v) is 7.42. The third-order valence-electron chi connectivity index (χ3n) is 3.95. The van der Waals surface area contributed by atoms with Crippen LogP contribution in [0.1, 0.15) is 47.5 Å². The molecule has 1 amide bonds. The summed E-state index contributed by atoms with van der Waals surface area (Å²) in [6.07, 6.45) is 2.03. The predicted octanol–water partition coefficient (Wildman–Crippen LogP) is 2.52. The van der Waals surface area contributed by atoms with Crippen LogP contribution in [-0.2, 0) is 4.79 Å². The van der Waals surface area contributed by atoms with Gasteiger partial charge in [0.2, 0.25) is 5.91 Å². The Morgan fingerprint density at radius 3 is 2.17 bits per heavy atom. The zero-order valence-electron chi connectivity index (χ0n) is 12.7. The molecule has 0 aliphatic carbocycles. The molecule has 0 aromatic rings. The molecule has 0 bridgehead atoms. The van der Waals surface area contributed by atoms with Crippen LogP contribution in [0.15, 0.2) is 0 Å². The van der Waals surface area contributed by atoms with Crippen LogP contribution in [0, 0.1) is 17.8 Å². The van der Waals surface area contributed by atoms with E-state index in [1.807, 2.05) is 0 Å². The summed E-state index contributed by atoms with van der Waals surface area (Å²) in [7, 11) is 0. The zero-order chi connectivity index (χ0) is 13.7. The predicted molar refractivity (Wildman–Crippen MR) is 76.4 cm³/mol. The van der Waals surface area contributed by atoms with Crippen LogP contribution in [0.2, 0.25) is 0 Å². The number of hydrogen-bond acceptors (Lipinski definition) is 2. The third-order valence-corrected chi connectivity index (χ3v) is 3.95. The van der Waals surface area contributed by atoms with Gasteiger partial charge in [-0.25, -0.2) is 0 Å². The largest absolute Gasteiger partial charge is 0.353 e. The van der Waals surface area contributed by atoms with E-state index in [2.05, 4.69) is 44.8 Å². The van der Waals surface area contributed by atoms with E-state index in [9.17, 15) is 4.79 Å². The van der Waals surface area contributed by atoms with Crippen molar-refractivity contribution in [1.82, 2.24) is 10.2 Å². The molecule has 0 spiro atoms. The van der Waals surface area contributed by atoms with Crippen molar-refractivity contribution in [3.8, 4) is 0 Å². The normalized spacial score (nSPS) is 20.4. The number of carbonyl (C=O) groups is 1. The number of piperidine rings is 1. The Labute approximate surface area is 112 Å². The van der Waals surface area contributed by atoms with Crippen molar-refractivity contribution in [3.05, 3.63) is 0 Å². The average molecular weight is 254 g/mol. The molecule has 1 atom stereocenters. The van der Waals surface area contributed by atoms with E-state index < -0.39 is 0 Å². The number of nitrogens with one attached hydrogen (secondary N) is 1. The van der Waals surface area contributed by atoms with Gasteiger partial charge in [0.1, 0.15) is 0 Å². The number of carbonyl (C=O) groups excluding carboxylic acids is 1. The van der Waals surface area contributed by atoms with Gasteiger partial charge < -0.3 is 10.2 Å². The van der Waals surface area contributed by atoms with Crippen LogP contribution in [0.3, 0.4) is 0 Å². The molecule has 3 heteroatoms. The van der Waals surface area contributed by atoms with Crippen LogP contribution in [0.4, 0.5) is 0 Å². The molecular weight excluding hydrogens is 224 g/mol. The van der Waals surface area contributed by atoms with Gasteiger partial charge >= 0.3 is 0 Å². The van der Waals surface area contributed by atoms with E-state index in [4.69, 9.17) is 0 Å². The molecule has 1 fully saturated rings.